The molecule has 0 aromatic heterocycles. The molecular formula is C19H20Cl2N2O4S. The topological polar surface area (TPSA) is 75.7 Å². The van der Waals surface area contributed by atoms with Gasteiger partial charge in [-0.2, -0.15) is 0 Å². The lowest BCUT2D eigenvalue weighted by molar-refractivity contribution is -0.120. The van der Waals surface area contributed by atoms with Crippen molar-refractivity contribution < 1.29 is 17.9 Å². The second kappa shape index (κ2) is 9.13. The highest BCUT2D eigenvalue weighted by atomic mass is 35.5. The molecule has 2 aromatic rings. The van der Waals surface area contributed by atoms with Crippen molar-refractivity contribution in [2.24, 2.45) is 0 Å². The first-order valence-electron chi connectivity index (χ1n) is 8.79. The van der Waals surface area contributed by atoms with Crippen molar-refractivity contribution in [2.75, 3.05) is 24.0 Å². The molecule has 1 amide bonds. The number of halogens is 2. The molecule has 1 aliphatic rings. The number of hydrogen-bond donors (Lipinski definition) is 1. The molecular weight excluding hydrogens is 423 g/mol. The molecule has 0 spiro atoms. The first-order chi connectivity index (χ1) is 13.4. The number of sulfonamides is 1. The molecule has 0 saturated carbocycles. The lowest BCUT2D eigenvalue weighted by Crippen LogP contribution is -2.43. The quantitative estimate of drug-likeness (QED) is 0.711. The number of rotatable bonds is 7. The van der Waals surface area contributed by atoms with E-state index in [0.29, 0.717) is 13.2 Å². The molecule has 150 valence electrons. The fourth-order valence-corrected chi connectivity index (χ4v) is 4.83. The summed E-state index contributed by atoms with van der Waals surface area (Å²) in [7, 11) is -4.03. The Labute approximate surface area is 174 Å². The molecule has 0 bridgehead atoms. The SMILES string of the molecule is O=C(CN(c1cccc(Cl)c1Cl)S(=O)(=O)c1ccccc1)NC[C@@H]1CCCO1. The first-order valence-corrected chi connectivity index (χ1v) is 11.0. The van der Waals surface area contributed by atoms with Gasteiger partial charge in [0.25, 0.3) is 10.0 Å². The van der Waals surface area contributed by atoms with Crippen molar-refractivity contribution in [3.05, 3.63) is 58.6 Å². The lowest BCUT2D eigenvalue weighted by atomic mass is 10.2. The summed E-state index contributed by atoms with van der Waals surface area (Å²) in [4.78, 5) is 12.6. The maximum absolute atomic E-state index is 13.2. The molecule has 1 atom stereocenters. The zero-order valence-electron chi connectivity index (χ0n) is 15.0. The molecule has 1 heterocycles. The predicted molar refractivity (Wildman–Crippen MR) is 109 cm³/mol. The highest BCUT2D eigenvalue weighted by Gasteiger charge is 2.29. The average Bonchev–Trinajstić information content (AvgIpc) is 3.21. The average molecular weight is 443 g/mol. The second-order valence-electron chi connectivity index (χ2n) is 6.34. The second-order valence-corrected chi connectivity index (χ2v) is 8.98. The third kappa shape index (κ3) is 4.78. The number of nitrogens with zero attached hydrogens (tertiary/aromatic N) is 1. The minimum absolute atomic E-state index is 0.0436. The van der Waals surface area contributed by atoms with Crippen molar-refractivity contribution in [1.29, 1.82) is 0 Å². The Kier molecular flexibility index (Phi) is 6.82. The summed E-state index contributed by atoms with van der Waals surface area (Å²) in [5, 5.41) is 3.00. The minimum atomic E-state index is -4.03. The smallest absolute Gasteiger partial charge is 0.264 e. The molecule has 28 heavy (non-hydrogen) atoms. The van der Waals surface area contributed by atoms with E-state index >= 15 is 0 Å². The van der Waals surface area contributed by atoms with E-state index in [1.54, 1.807) is 30.3 Å². The van der Waals surface area contributed by atoms with Gasteiger partial charge in [0.15, 0.2) is 0 Å². The Morgan fingerprint density at radius 1 is 1.14 bits per heavy atom. The van der Waals surface area contributed by atoms with Crippen LogP contribution < -0.4 is 9.62 Å². The molecule has 0 aliphatic carbocycles. The van der Waals surface area contributed by atoms with Gasteiger partial charge in [0.05, 0.1) is 26.7 Å². The van der Waals surface area contributed by atoms with Crippen LogP contribution in [0.15, 0.2) is 53.4 Å². The van der Waals surface area contributed by atoms with Crippen molar-refractivity contribution in [1.82, 2.24) is 5.32 Å². The van der Waals surface area contributed by atoms with Crippen LogP contribution in [-0.2, 0) is 19.6 Å². The Balaban J connectivity index is 1.88. The number of nitrogens with one attached hydrogen (secondary N) is 1. The Bertz CT molecular complexity index is 932. The third-order valence-electron chi connectivity index (χ3n) is 4.37. The van der Waals surface area contributed by atoms with Crippen molar-refractivity contribution in [2.45, 2.75) is 23.8 Å². The molecule has 1 aliphatic heterocycles. The van der Waals surface area contributed by atoms with E-state index in [0.717, 1.165) is 17.1 Å². The van der Waals surface area contributed by atoms with E-state index in [2.05, 4.69) is 5.32 Å². The summed E-state index contributed by atoms with van der Waals surface area (Å²) in [6.45, 7) is 0.582. The molecule has 2 aromatic carbocycles. The molecule has 6 nitrogen and oxygen atoms in total. The molecule has 1 N–H and O–H groups in total. The van der Waals surface area contributed by atoms with Crippen LogP contribution in [-0.4, -0.2) is 40.1 Å². The summed E-state index contributed by atoms with van der Waals surface area (Å²) in [5.74, 6) is -0.453. The molecule has 3 rings (SSSR count). The van der Waals surface area contributed by atoms with E-state index < -0.39 is 22.5 Å². The van der Waals surface area contributed by atoms with Gasteiger partial charge in [0.1, 0.15) is 6.54 Å². The van der Waals surface area contributed by atoms with Crippen molar-refractivity contribution >= 4 is 44.8 Å². The normalized spacial score (nSPS) is 16.7. The summed E-state index contributed by atoms with van der Waals surface area (Å²) in [5.41, 5.74) is 0.144. The van der Waals surface area contributed by atoms with Gasteiger partial charge in [-0.05, 0) is 37.1 Å². The van der Waals surface area contributed by atoms with Crippen molar-refractivity contribution in [3.63, 3.8) is 0 Å². The summed E-state index contributed by atoms with van der Waals surface area (Å²) in [6.07, 6.45) is 1.78. The van der Waals surface area contributed by atoms with Gasteiger partial charge >= 0.3 is 0 Å². The van der Waals surface area contributed by atoms with E-state index in [4.69, 9.17) is 27.9 Å². The summed E-state index contributed by atoms with van der Waals surface area (Å²) >= 11 is 12.3. The number of benzene rings is 2. The highest BCUT2D eigenvalue weighted by Crippen LogP contribution is 2.35. The number of amides is 1. The minimum Gasteiger partial charge on any atom is -0.376 e. The van der Waals surface area contributed by atoms with E-state index in [1.165, 1.54) is 18.2 Å². The van der Waals surface area contributed by atoms with Crippen LogP contribution in [0.1, 0.15) is 12.8 Å². The van der Waals surface area contributed by atoms with Crippen LogP contribution in [0.2, 0.25) is 10.0 Å². The monoisotopic (exact) mass is 442 g/mol. The van der Waals surface area contributed by atoms with Crippen LogP contribution in [0.4, 0.5) is 5.69 Å². The number of hydrogen-bond acceptors (Lipinski definition) is 4. The van der Waals surface area contributed by atoms with Crippen LogP contribution in [0, 0.1) is 0 Å². The zero-order valence-corrected chi connectivity index (χ0v) is 17.3. The molecule has 0 radical (unpaired) electrons. The Hall–Kier alpha value is -1.80. The van der Waals surface area contributed by atoms with Gasteiger partial charge in [-0.1, -0.05) is 47.5 Å². The van der Waals surface area contributed by atoms with Crippen LogP contribution in [0.3, 0.4) is 0 Å². The fourth-order valence-electron chi connectivity index (χ4n) is 2.92. The highest BCUT2D eigenvalue weighted by molar-refractivity contribution is 7.92. The van der Waals surface area contributed by atoms with Gasteiger partial charge in [-0.3, -0.25) is 9.10 Å². The van der Waals surface area contributed by atoms with Gasteiger partial charge in [0, 0.05) is 13.2 Å². The number of anilines is 1. The van der Waals surface area contributed by atoms with Crippen LogP contribution in [0.25, 0.3) is 0 Å². The van der Waals surface area contributed by atoms with Gasteiger partial charge < -0.3 is 10.1 Å². The number of carbonyl (C=O) groups excluding carboxylic acids is 1. The maximum atomic E-state index is 13.2. The Morgan fingerprint density at radius 3 is 2.57 bits per heavy atom. The summed E-state index contributed by atoms with van der Waals surface area (Å²) < 4.78 is 32.9. The first kappa shape index (κ1) is 20.9. The maximum Gasteiger partial charge on any atom is 0.264 e. The standard InChI is InChI=1S/C19H20Cl2N2O4S/c20-16-9-4-10-17(19(16)21)23(28(25,26)15-7-2-1-3-8-15)13-18(24)22-12-14-6-5-11-27-14/h1-4,7-10,14H,5-6,11-13H2,(H,22,24)/t14-/m0/s1. The van der Waals surface area contributed by atoms with Crippen LogP contribution in [0.5, 0.6) is 0 Å². The van der Waals surface area contributed by atoms with E-state index in [9.17, 15) is 13.2 Å². The fraction of sp³-hybridized carbons (Fsp3) is 0.316. The van der Waals surface area contributed by atoms with Crippen LogP contribution >= 0.6 is 23.2 Å². The number of ether oxygens (including phenoxy) is 1. The van der Waals surface area contributed by atoms with E-state index in [1.807, 2.05) is 0 Å². The number of carbonyl (C=O) groups is 1. The molecule has 1 saturated heterocycles. The largest absolute Gasteiger partial charge is 0.376 e. The van der Waals surface area contributed by atoms with Gasteiger partial charge in [-0.15, -0.1) is 0 Å². The molecule has 0 unspecified atom stereocenters. The Morgan fingerprint density at radius 2 is 1.89 bits per heavy atom. The molecule has 1 fully saturated rings. The van der Waals surface area contributed by atoms with Gasteiger partial charge in [-0.25, -0.2) is 8.42 Å². The third-order valence-corrected chi connectivity index (χ3v) is 6.95. The molecule has 9 heteroatoms. The predicted octanol–water partition coefficient (Wildman–Crippen LogP) is 3.48. The van der Waals surface area contributed by atoms with Crippen molar-refractivity contribution in [3.8, 4) is 0 Å². The lowest BCUT2D eigenvalue weighted by Gasteiger charge is -2.25. The summed E-state index contributed by atoms with van der Waals surface area (Å²) in [6, 6.07) is 12.5. The van der Waals surface area contributed by atoms with Gasteiger partial charge in [0.2, 0.25) is 5.91 Å². The zero-order chi connectivity index (χ0) is 20.1. The van der Waals surface area contributed by atoms with E-state index in [-0.39, 0.29) is 26.7 Å².